The largest absolute Gasteiger partial charge is 0.336 e. The Bertz CT molecular complexity index is 636. The van der Waals surface area contributed by atoms with Crippen molar-refractivity contribution >= 4 is 5.91 Å². The molecule has 0 spiro atoms. The number of hydrogen-bond donors (Lipinski definition) is 0. The van der Waals surface area contributed by atoms with Crippen LogP contribution in [-0.4, -0.2) is 37.1 Å². The van der Waals surface area contributed by atoms with E-state index in [9.17, 15) is 4.79 Å². The van der Waals surface area contributed by atoms with Gasteiger partial charge in [0, 0.05) is 30.9 Å². The molecule has 110 valence electrons. The van der Waals surface area contributed by atoms with E-state index >= 15 is 0 Å². The summed E-state index contributed by atoms with van der Waals surface area (Å²) in [7, 11) is 0. The third-order valence-corrected chi connectivity index (χ3v) is 3.80. The maximum Gasteiger partial charge on any atom is 0.242 e. The highest BCUT2D eigenvalue weighted by Gasteiger charge is 2.22. The van der Waals surface area contributed by atoms with E-state index in [1.807, 2.05) is 4.90 Å². The van der Waals surface area contributed by atoms with Crippen LogP contribution in [0.5, 0.6) is 0 Å². The quantitative estimate of drug-likeness (QED) is 0.854. The summed E-state index contributed by atoms with van der Waals surface area (Å²) in [6.45, 7) is 5.95. The molecule has 0 bridgehead atoms. The molecule has 1 amide bonds. The van der Waals surface area contributed by atoms with Gasteiger partial charge < -0.3 is 9.47 Å². The summed E-state index contributed by atoms with van der Waals surface area (Å²) < 4.78 is 1.69. The van der Waals surface area contributed by atoms with Gasteiger partial charge in [-0.25, -0.2) is 0 Å². The van der Waals surface area contributed by atoms with E-state index in [0.29, 0.717) is 19.0 Å². The highest BCUT2D eigenvalue weighted by Crippen LogP contribution is 2.21. The van der Waals surface area contributed by atoms with Gasteiger partial charge in [-0.1, -0.05) is 19.9 Å². The second-order valence-corrected chi connectivity index (χ2v) is 5.70. The zero-order valence-electron chi connectivity index (χ0n) is 12.4. The summed E-state index contributed by atoms with van der Waals surface area (Å²) in [6.07, 6.45) is 3.95. The molecule has 0 saturated heterocycles. The summed E-state index contributed by atoms with van der Waals surface area (Å²) in [5, 5.41) is 7.43. The molecule has 0 fully saturated rings. The number of pyridine rings is 1. The molecule has 3 heterocycles. The molecule has 21 heavy (non-hydrogen) atoms. The van der Waals surface area contributed by atoms with Gasteiger partial charge in [0.1, 0.15) is 19.2 Å². The Balaban J connectivity index is 1.71. The average Bonchev–Trinajstić information content (AvgIpc) is 2.99. The third-order valence-electron chi connectivity index (χ3n) is 3.80. The normalized spacial score (nSPS) is 14.3. The monoisotopic (exact) mass is 285 g/mol. The molecule has 3 rings (SSSR count). The van der Waals surface area contributed by atoms with Crippen molar-refractivity contribution in [2.45, 2.75) is 39.3 Å². The zero-order valence-corrected chi connectivity index (χ0v) is 12.4. The lowest BCUT2D eigenvalue weighted by Crippen LogP contribution is -2.38. The molecular weight excluding hydrogens is 266 g/mol. The maximum atomic E-state index is 12.3. The van der Waals surface area contributed by atoms with Gasteiger partial charge in [-0.2, -0.15) is 0 Å². The van der Waals surface area contributed by atoms with Crippen molar-refractivity contribution in [2.75, 3.05) is 6.54 Å². The van der Waals surface area contributed by atoms with Crippen molar-refractivity contribution in [3.8, 4) is 0 Å². The van der Waals surface area contributed by atoms with Crippen LogP contribution in [0.15, 0.2) is 24.8 Å². The SMILES string of the molecule is CC(C)c1ccc2c(n1)CCN(C(=O)Cn1cnnc1)C2. The second-order valence-electron chi connectivity index (χ2n) is 5.70. The number of aromatic nitrogens is 4. The fourth-order valence-electron chi connectivity index (χ4n) is 2.53. The number of carbonyl (C=O) groups is 1. The van der Waals surface area contributed by atoms with Crippen molar-refractivity contribution in [2.24, 2.45) is 0 Å². The summed E-state index contributed by atoms with van der Waals surface area (Å²) in [4.78, 5) is 18.9. The van der Waals surface area contributed by atoms with Crippen LogP contribution >= 0.6 is 0 Å². The Labute approximate surface area is 123 Å². The van der Waals surface area contributed by atoms with E-state index in [-0.39, 0.29) is 5.91 Å². The van der Waals surface area contributed by atoms with E-state index in [2.05, 4.69) is 36.2 Å². The molecule has 0 aliphatic carbocycles. The molecule has 0 radical (unpaired) electrons. The predicted octanol–water partition coefficient (Wildman–Crippen LogP) is 1.38. The van der Waals surface area contributed by atoms with Gasteiger partial charge in [0.25, 0.3) is 0 Å². The van der Waals surface area contributed by atoms with Gasteiger partial charge in [0.05, 0.1) is 0 Å². The lowest BCUT2D eigenvalue weighted by molar-refractivity contribution is -0.132. The molecule has 6 heteroatoms. The van der Waals surface area contributed by atoms with E-state index in [1.54, 1.807) is 17.2 Å². The van der Waals surface area contributed by atoms with Crippen molar-refractivity contribution in [1.29, 1.82) is 0 Å². The van der Waals surface area contributed by atoms with Crippen molar-refractivity contribution in [1.82, 2.24) is 24.6 Å². The first-order valence-electron chi connectivity index (χ1n) is 7.22. The van der Waals surface area contributed by atoms with E-state index in [1.165, 1.54) is 0 Å². The van der Waals surface area contributed by atoms with Gasteiger partial charge in [-0.05, 0) is 17.5 Å². The number of hydrogen-bond acceptors (Lipinski definition) is 4. The highest BCUT2D eigenvalue weighted by molar-refractivity contribution is 5.76. The molecule has 2 aromatic rings. The highest BCUT2D eigenvalue weighted by atomic mass is 16.2. The number of carbonyl (C=O) groups excluding carboxylic acids is 1. The Morgan fingerprint density at radius 3 is 2.76 bits per heavy atom. The van der Waals surface area contributed by atoms with Crippen LogP contribution in [0.3, 0.4) is 0 Å². The molecule has 6 nitrogen and oxygen atoms in total. The van der Waals surface area contributed by atoms with Gasteiger partial charge in [-0.3, -0.25) is 9.78 Å². The number of fused-ring (bicyclic) bond motifs is 1. The van der Waals surface area contributed by atoms with E-state index in [0.717, 1.165) is 29.9 Å². The van der Waals surface area contributed by atoms with Crippen molar-refractivity contribution in [3.05, 3.63) is 41.7 Å². The van der Waals surface area contributed by atoms with Crippen LogP contribution < -0.4 is 0 Å². The first kappa shape index (κ1) is 13.7. The number of amides is 1. The van der Waals surface area contributed by atoms with Crippen LogP contribution in [0.2, 0.25) is 0 Å². The van der Waals surface area contributed by atoms with Crippen LogP contribution in [-0.2, 0) is 24.3 Å². The van der Waals surface area contributed by atoms with E-state index in [4.69, 9.17) is 4.98 Å². The maximum absolute atomic E-state index is 12.3. The molecule has 1 aliphatic heterocycles. The molecule has 2 aromatic heterocycles. The standard InChI is InChI=1S/C15H19N5O/c1-11(2)13-4-3-12-7-20(6-5-14(12)18-13)15(21)8-19-9-16-17-10-19/h3-4,9-11H,5-8H2,1-2H3. The summed E-state index contributed by atoms with van der Waals surface area (Å²) in [5.74, 6) is 0.525. The molecule has 1 aliphatic rings. The molecule has 0 saturated carbocycles. The summed E-state index contributed by atoms with van der Waals surface area (Å²) in [5.41, 5.74) is 3.41. The average molecular weight is 285 g/mol. The first-order valence-corrected chi connectivity index (χ1v) is 7.22. The van der Waals surface area contributed by atoms with Gasteiger partial charge >= 0.3 is 0 Å². The second kappa shape index (κ2) is 5.63. The lowest BCUT2D eigenvalue weighted by Gasteiger charge is -2.28. The van der Waals surface area contributed by atoms with Crippen molar-refractivity contribution < 1.29 is 4.79 Å². The lowest BCUT2D eigenvalue weighted by atomic mass is 10.0. The first-order chi connectivity index (χ1) is 10.1. The topological polar surface area (TPSA) is 63.9 Å². The summed E-state index contributed by atoms with van der Waals surface area (Å²) in [6, 6.07) is 4.17. The van der Waals surface area contributed by atoms with Crippen LogP contribution in [0.1, 0.15) is 36.7 Å². The Morgan fingerprint density at radius 1 is 1.29 bits per heavy atom. The third kappa shape index (κ3) is 2.94. The fourth-order valence-corrected chi connectivity index (χ4v) is 2.53. The Hall–Kier alpha value is -2.24. The van der Waals surface area contributed by atoms with Crippen LogP contribution in [0.4, 0.5) is 0 Å². The Morgan fingerprint density at radius 2 is 2.05 bits per heavy atom. The van der Waals surface area contributed by atoms with Gasteiger partial charge in [-0.15, -0.1) is 10.2 Å². The fraction of sp³-hybridized carbons (Fsp3) is 0.467. The van der Waals surface area contributed by atoms with Crippen LogP contribution in [0, 0.1) is 0 Å². The molecular formula is C15H19N5O. The van der Waals surface area contributed by atoms with E-state index < -0.39 is 0 Å². The molecule has 0 aromatic carbocycles. The summed E-state index contributed by atoms with van der Waals surface area (Å²) >= 11 is 0. The van der Waals surface area contributed by atoms with Crippen molar-refractivity contribution in [3.63, 3.8) is 0 Å². The van der Waals surface area contributed by atoms with Gasteiger partial charge in [0.2, 0.25) is 5.91 Å². The van der Waals surface area contributed by atoms with Crippen LogP contribution in [0.25, 0.3) is 0 Å². The van der Waals surface area contributed by atoms with Gasteiger partial charge in [0.15, 0.2) is 0 Å². The number of rotatable bonds is 3. The Kier molecular flexibility index (Phi) is 3.68. The molecule has 0 unspecified atom stereocenters. The predicted molar refractivity (Wildman–Crippen MR) is 77.5 cm³/mol. The minimum atomic E-state index is 0.0911. The zero-order chi connectivity index (χ0) is 14.8. The minimum Gasteiger partial charge on any atom is -0.336 e. The minimum absolute atomic E-state index is 0.0911. The molecule has 0 atom stereocenters. The smallest absolute Gasteiger partial charge is 0.242 e. The molecule has 0 N–H and O–H groups in total. The number of nitrogens with zero attached hydrogens (tertiary/aromatic N) is 5.